The van der Waals surface area contributed by atoms with Crippen molar-refractivity contribution in [2.45, 2.75) is 19.0 Å². The Morgan fingerprint density at radius 2 is 1.95 bits per heavy atom. The minimum Gasteiger partial charge on any atom is -0.481 e. The third-order valence-corrected chi connectivity index (χ3v) is 2.28. The fourth-order valence-electron chi connectivity index (χ4n) is 1.50. The van der Waals surface area contributed by atoms with Crippen molar-refractivity contribution in [3.05, 3.63) is 34.4 Å². The van der Waals surface area contributed by atoms with Crippen LogP contribution in [0.4, 0.5) is 22.0 Å². The second-order valence-electron chi connectivity index (χ2n) is 3.58. The Morgan fingerprint density at radius 3 is 2.32 bits per heavy atom. The van der Waals surface area contributed by atoms with Crippen LogP contribution >= 0.6 is 0 Å². The van der Waals surface area contributed by atoms with Gasteiger partial charge in [0.05, 0.1) is 23.6 Å². The molecule has 102 valence electrons. The molecule has 0 amide bonds. The first kappa shape index (κ1) is 14.9. The van der Waals surface area contributed by atoms with Gasteiger partial charge in [0.25, 0.3) is 6.43 Å². The van der Waals surface area contributed by atoms with Crippen molar-refractivity contribution in [3.8, 4) is 6.07 Å². The lowest BCUT2D eigenvalue weighted by molar-refractivity contribution is -0.139. The van der Waals surface area contributed by atoms with Gasteiger partial charge in [0, 0.05) is 5.56 Å². The van der Waals surface area contributed by atoms with Crippen LogP contribution in [0.15, 0.2) is 12.1 Å². The number of carboxylic acid groups (broad SMARTS) is 1. The predicted octanol–water partition coefficient (Wildman–Crippen LogP) is 3.14. The molecule has 0 aromatic heterocycles. The number of alkyl halides is 5. The highest BCUT2D eigenvalue weighted by Crippen LogP contribution is 2.37. The maximum Gasteiger partial charge on any atom is 0.416 e. The Hall–Kier alpha value is -2.17. The van der Waals surface area contributed by atoms with E-state index in [0.29, 0.717) is 6.07 Å². The molecule has 1 aromatic rings. The number of rotatable bonds is 3. The molecule has 0 saturated carbocycles. The van der Waals surface area contributed by atoms with Crippen LogP contribution in [0.5, 0.6) is 0 Å². The van der Waals surface area contributed by atoms with Crippen molar-refractivity contribution in [1.82, 2.24) is 0 Å². The predicted molar refractivity (Wildman–Crippen MR) is 52.5 cm³/mol. The number of hydrogen-bond donors (Lipinski definition) is 1. The van der Waals surface area contributed by atoms with Crippen molar-refractivity contribution >= 4 is 5.97 Å². The minimum absolute atomic E-state index is 0.250. The molecule has 0 aliphatic carbocycles. The van der Waals surface area contributed by atoms with Crippen molar-refractivity contribution in [3.63, 3.8) is 0 Å². The van der Waals surface area contributed by atoms with E-state index in [2.05, 4.69) is 0 Å². The van der Waals surface area contributed by atoms with E-state index in [1.807, 2.05) is 0 Å². The molecule has 0 bridgehead atoms. The van der Waals surface area contributed by atoms with Gasteiger partial charge < -0.3 is 5.11 Å². The maximum absolute atomic E-state index is 12.6. The summed E-state index contributed by atoms with van der Waals surface area (Å²) in [4.78, 5) is 10.5. The van der Waals surface area contributed by atoms with E-state index in [1.54, 1.807) is 0 Å². The normalized spacial score (nSPS) is 11.4. The van der Waals surface area contributed by atoms with E-state index in [1.165, 1.54) is 6.07 Å². The Labute approximate surface area is 103 Å². The SMILES string of the molecule is N#Cc1cc(C(F)(F)F)c(C(F)F)cc1CC(=O)O. The molecule has 0 heterocycles. The second-order valence-corrected chi connectivity index (χ2v) is 3.58. The van der Waals surface area contributed by atoms with Crippen LogP contribution in [0.25, 0.3) is 0 Å². The topological polar surface area (TPSA) is 61.1 Å². The Balaban J connectivity index is 3.52. The summed E-state index contributed by atoms with van der Waals surface area (Å²) >= 11 is 0. The van der Waals surface area contributed by atoms with E-state index in [-0.39, 0.29) is 11.6 Å². The summed E-state index contributed by atoms with van der Waals surface area (Å²) < 4.78 is 62.8. The Bertz CT molecular complexity index is 545. The number of aliphatic carboxylic acids is 1. The summed E-state index contributed by atoms with van der Waals surface area (Å²) in [6, 6.07) is 2.04. The maximum atomic E-state index is 12.6. The van der Waals surface area contributed by atoms with Gasteiger partial charge in [-0.3, -0.25) is 4.79 Å². The highest BCUT2D eigenvalue weighted by Gasteiger charge is 2.36. The summed E-state index contributed by atoms with van der Waals surface area (Å²) in [5, 5.41) is 17.2. The molecule has 0 atom stereocenters. The molecular formula is C11H6F5NO2. The summed E-state index contributed by atoms with van der Waals surface area (Å²) in [7, 11) is 0. The smallest absolute Gasteiger partial charge is 0.416 e. The van der Waals surface area contributed by atoms with E-state index >= 15 is 0 Å². The molecule has 8 heteroatoms. The van der Waals surface area contributed by atoms with E-state index in [4.69, 9.17) is 10.4 Å². The van der Waals surface area contributed by atoms with Crippen LogP contribution in [-0.2, 0) is 17.4 Å². The van der Waals surface area contributed by atoms with Crippen LogP contribution in [0.1, 0.15) is 28.7 Å². The number of halogens is 5. The third kappa shape index (κ3) is 3.40. The number of nitriles is 1. The molecule has 0 fully saturated rings. The van der Waals surface area contributed by atoms with Crippen LogP contribution < -0.4 is 0 Å². The molecular weight excluding hydrogens is 273 g/mol. The fraction of sp³-hybridized carbons (Fsp3) is 0.273. The lowest BCUT2D eigenvalue weighted by Crippen LogP contribution is -2.12. The molecule has 19 heavy (non-hydrogen) atoms. The molecule has 3 nitrogen and oxygen atoms in total. The zero-order chi connectivity index (χ0) is 14.8. The third-order valence-electron chi connectivity index (χ3n) is 2.28. The van der Waals surface area contributed by atoms with Gasteiger partial charge in [-0.15, -0.1) is 0 Å². The van der Waals surface area contributed by atoms with Gasteiger partial charge >= 0.3 is 12.1 Å². The zero-order valence-electron chi connectivity index (χ0n) is 9.13. The molecule has 0 aliphatic rings. The first-order valence-electron chi connectivity index (χ1n) is 4.81. The van der Waals surface area contributed by atoms with Crippen LogP contribution in [-0.4, -0.2) is 11.1 Å². The molecule has 0 radical (unpaired) electrons. The number of carboxylic acids is 1. The average molecular weight is 279 g/mol. The molecule has 0 unspecified atom stereocenters. The lowest BCUT2D eigenvalue weighted by Gasteiger charge is -2.14. The Kier molecular flexibility index (Phi) is 4.09. The molecule has 1 N–H and O–H groups in total. The van der Waals surface area contributed by atoms with Crippen LogP contribution in [0, 0.1) is 11.3 Å². The molecule has 1 aromatic carbocycles. The second kappa shape index (κ2) is 5.22. The number of benzene rings is 1. The average Bonchev–Trinajstić information content (AvgIpc) is 2.26. The van der Waals surface area contributed by atoms with E-state index < -0.39 is 41.7 Å². The first-order chi connectivity index (χ1) is 8.66. The molecule has 1 rings (SSSR count). The van der Waals surface area contributed by atoms with Gasteiger partial charge in [-0.05, 0) is 17.7 Å². The van der Waals surface area contributed by atoms with Gasteiger partial charge in [0.15, 0.2) is 0 Å². The standard InChI is InChI=1S/C11H6F5NO2/c12-10(13)7-1-5(3-9(18)19)6(4-17)2-8(7)11(14,15)16/h1-2,10H,3H2,(H,18,19). The quantitative estimate of drug-likeness (QED) is 0.864. The molecule has 0 saturated heterocycles. The van der Waals surface area contributed by atoms with Crippen molar-refractivity contribution in [1.29, 1.82) is 5.26 Å². The first-order valence-corrected chi connectivity index (χ1v) is 4.81. The summed E-state index contributed by atoms with van der Waals surface area (Å²) in [5.74, 6) is -1.43. The summed E-state index contributed by atoms with van der Waals surface area (Å²) in [6.45, 7) is 0. The highest BCUT2D eigenvalue weighted by molar-refractivity contribution is 5.71. The zero-order valence-corrected chi connectivity index (χ0v) is 9.13. The number of nitrogens with zero attached hydrogens (tertiary/aromatic N) is 1. The summed E-state index contributed by atoms with van der Waals surface area (Å²) in [6.07, 6.45) is -9.27. The monoisotopic (exact) mass is 279 g/mol. The van der Waals surface area contributed by atoms with Crippen molar-refractivity contribution in [2.24, 2.45) is 0 Å². The van der Waals surface area contributed by atoms with Gasteiger partial charge in [0.1, 0.15) is 0 Å². The van der Waals surface area contributed by atoms with Gasteiger partial charge in [-0.2, -0.15) is 18.4 Å². The highest BCUT2D eigenvalue weighted by atomic mass is 19.4. The van der Waals surface area contributed by atoms with Gasteiger partial charge in [0.2, 0.25) is 0 Å². The lowest BCUT2D eigenvalue weighted by atomic mass is 9.97. The number of hydrogen-bond acceptors (Lipinski definition) is 2. The van der Waals surface area contributed by atoms with E-state index in [9.17, 15) is 26.7 Å². The van der Waals surface area contributed by atoms with Gasteiger partial charge in [-0.25, -0.2) is 8.78 Å². The Morgan fingerprint density at radius 1 is 1.37 bits per heavy atom. The number of carbonyl (C=O) groups is 1. The van der Waals surface area contributed by atoms with Crippen molar-refractivity contribution < 1.29 is 31.9 Å². The van der Waals surface area contributed by atoms with Crippen LogP contribution in [0.2, 0.25) is 0 Å². The largest absolute Gasteiger partial charge is 0.481 e. The fourth-order valence-corrected chi connectivity index (χ4v) is 1.50. The van der Waals surface area contributed by atoms with E-state index in [0.717, 1.165) is 0 Å². The summed E-state index contributed by atoms with van der Waals surface area (Å²) in [5.41, 5.74) is -3.92. The molecule has 0 spiro atoms. The van der Waals surface area contributed by atoms with Crippen molar-refractivity contribution in [2.75, 3.05) is 0 Å². The van der Waals surface area contributed by atoms with Crippen LogP contribution in [0.3, 0.4) is 0 Å². The molecule has 0 aliphatic heterocycles. The van der Waals surface area contributed by atoms with Gasteiger partial charge in [-0.1, -0.05) is 0 Å². The minimum atomic E-state index is -5.04.